The lowest BCUT2D eigenvalue weighted by Gasteiger charge is -2.19. The van der Waals surface area contributed by atoms with Crippen LogP contribution in [-0.2, 0) is 9.59 Å². The van der Waals surface area contributed by atoms with E-state index in [0.29, 0.717) is 19.5 Å². The predicted octanol–water partition coefficient (Wildman–Crippen LogP) is 1.87. The molecular weight excluding hydrogens is 278 g/mol. The van der Waals surface area contributed by atoms with Crippen molar-refractivity contribution in [2.24, 2.45) is 11.7 Å². The molecule has 0 spiro atoms. The van der Waals surface area contributed by atoms with Crippen molar-refractivity contribution in [1.82, 2.24) is 10.6 Å². The van der Waals surface area contributed by atoms with Crippen molar-refractivity contribution in [2.75, 3.05) is 13.1 Å². The molecule has 1 rings (SSSR count). The Morgan fingerprint density at radius 2 is 1.95 bits per heavy atom. The number of allylic oxidation sites excluding steroid dienone is 1. The Hall–Kier alpha value is -1.36. The monoisotopic (exact) mass is 309 g/mol. The molecule has 1 aliphatic heterocycles. The Morgan fingerprint density at radius 1 is 1.27 bits per heavy atom. The van der Waals surface area contributed by atoms with Gasteiger partial charge in [-0.05, 0) is 32.1 Å². The molecule has 0 bridgehead atoms. The SMILES string of the molecule is C=CCCCCCCCCNC(=O)C1CCCNC(=O)[C@H]1N. The lowest BCUT2D eigenvalue weighted by Crippen LogP contribution is -2.48. The van der Waals surface area contributed by atoms with Gasteiger partial charge in [0, 0.05) is 13.1 Å². The van der Waals surface area contributed by atoms with E-state index in [1.165, 1.54) is 25.7 Å². The quantitative estimate of drug-likeness (QED) is 0.425. The maximum Gasteiger partial charge on any atom is 0.237 e. The number of amides is 2. The van der Waals surface area contributed by atoms with Gasteiger partial charge in [-0.25, -0.2) is 0 Å². The molecule has 0 aliphatic carbocycles. The van der Waals surface area contributed by atoms with Gasteiger partial charge < -0.3 is 16.4 Å². The van der Waals surface area contributed by atoms with Crippen molar-refractivity contribution < 1.29 is 9.59 Å². The number of unbranched alkanes of at least 4 members (excludes halogenated alkanes) is 6. The molecule has 126 valence electrons. The molecule has 0 aromatic carbocycles. The molecule has 0 aromatic rings. The highest BCUT2D eigenvalue weighted by Crippen LogP contribution is 2.14. The molecule has 0 saturated carbocycles. The van der Waals surface area contributed by atoms with Crippen molar-refractivity contribution >= 4 is 11.8 Å². The zero-order valence-electron chi connectivity index (χ0n) is 13.6. The second-order valence-electron chi connectivity index (χ2n) is 6.06. The van der Waals surface area contributed by atoms with E-state index in [2.05, 4.69) is 17.2 Å². The molecule has 1 unspecified atom stereocenters. The molecule has 1 heterocycles. The Morgan fingerprint density at radius 3 is 2.68 bits per heavy atom. The summed E-state index contributed by atoms with van der Waals surface area (Å²) in [5, 5.41) is 5.66. The highest BCUT2D eigenvalue weighted by atomic mass is 16.2. The smallest absolute Gasteiger partial charge is 0.237 e. The lowest BCUT2D eigenvalue weighted by molar-refractivity contribution is -0.131. The molecule has 2 amide bonds. The first kappa shape index (κ1) is 18.7. The average molecular weight is 309 g/mol. The summed E-state index contributed by atoms with van der Waals surface area (Å²) in [6, 6.07) is -0.715. The van der Waals surface area contributed by atoms with Crippen molar-refractivity contribution in [3.05, 3.63) is 12.7 Å². The summed E-state index contributed by atoms with van der Waals surface area (Å²) >= 11 is 0. The number of carbonyl (C=O) groups is 2. The molecule has 5 heteroatoms. The fraction of sp³-hybridized carbons (Fsp3) is 0.765. The largest absolute Gasteiger partial charge is 0.356 e. The summed E-state index contributed by atoms with van der Waals surface area (Å²) in [5.41, 5.74) is 5.85. The molecule has 5 nitrogen and oxygen atoms in total. The van der Waals surface area contributed by atoms with Crippen LogP contribution in [0.3, 0.4) is 0 Å². The molecule has 4 N–H and O–H groups in total. The normalized spacial score (nSPS) is 21.8. The minimum atomic E-state index is -0.715. The van der Waals surface area contributed by atoms with Crippen LogP contribution in [0.15, 0.2) is 12.7 Å². The number of carbonyl (C=O) groups excluding carboxylic acids is 2. The molecule has 0 aromatic heterocycles. The van der Waals surface area contributed by atoms with Crippen molar-refractivity contribution in [3.8, 4) is 0 Å². The molecular formula is C17H31N3O2. The first-order chi connectivity index (χ1) is 10.7. The highest BCUT2D eigenvalue weighted by molar-refractivity contribution is 5.90. The number of hydrogen-bond acceptors (Lipinski definition) is 3. The standard InChI is InChI=1S/C17H31N3O2/c1-2-3-4-5-6-7-8-9-12-19-16(21)14-11-10-13-20-17(22)15(14)18/h2,14-15H,1,3-13,18H2,(H,19,21)(H,20,22)/t14?,15-/m0/s1. The lowest BCUT2D eigenvalue weighted by atomic mass is 9.95. The van der Waals surface area contributed by atoms with Crippen LogP contribution >= 0.6 is 0 Å². The van der Waals surface area contributed by atoms with Crippen LogP contribution in [-0.4, -0.2) is 30.9 Å². The molecule has 2 atom stereocenters. The van der Waals surface area contributed by atoms with Crippen molar-refractivity contribution in [2.45, 2.75) is 63.8 Å². The van der Waals surface area contributed by atoms with Crippen molar-refractivity contribution in [3.63, 3.8) is 0 Å². The third-order valence-corrected chi connectivity index (χ3v) is 4.20. The van der Waals surface area contributed by atoms with Gasteiger partial charge >= 0.3 is 0 Å². The number of nitrogens with two attached hydrogens (primary N) is 1. The van der Waals surface area contributed by atoms with Gasteiger partial charge in [0.15, 0.2) is 0 Å². The average Bonchev–Trinajstić information content (AvgIpc) is 2.68. The summed E-state index contributed by atoms with van der Waals surface area (Å²) in [7, 11) is 0. The Bertz CT molecular complexity index is 358. The number of hydrogen-bond donors (Lipinski definition) is 3. The van der Waals surface area contributed by atoms with Crippen LogP contribution in [0.1, 0.15) is 57.8 Å². The van der Waals surface area contributed by atoms with Gasteiger partial charge in [0.2, 0.25) is 11.8 Å². The third kappa shape index (κ3) is 7.07. The van der Waals surface area contributed by atoms with Crippen LogP contribution < -0.4 is 16.4 Å². The number of rotatable bonds is 10. The maximum atomic E-state index is 12.1. The first-order valence-electron chi connectivity index (χ1n) is 8.58. The van der Waals surface area contributed by atoms with Crippen molar-refractivity contribution in [1.29, 1.82) is 0 Å². The Labute approximate surface area is 134 Å². The van der Waals surface area contributed by atoms with Gasteiger partial charge in [-0.15, -0.1) is 6.58 Å². The second-order valence-corrected chi connectivity index (χ2v) is 6.06. The molecule has 22 heavy (non-hydrogen) atoms. The van der Waals surface area contributed by atoms with Crippen LogP contribution in [0.2, 0.25) is 0 Å². The number of nitrogens with one attached hydrogen (secondary N) is 2. The van der Waals surface area contributed by atoms with Gasteiger partial charge in [-0.3, -0.25) is 9.59 Å². The summed E-state index contributed by atoms with van der Waals surface area (Å²) < 4.78 is 0. The van der Waals surface area contributed by atoms with E-state index in [9.17, 15) is 9.59 Å². The first-order valence-corrected chi connectivity index (χ1v) is 8.58. The van der Waals surface area contributed by atoms with E-state index < -0.39 is 6.04 Å². The van der Waals surface area contributed by atoms with Gasteiger partial charge in [0.25, 0.3) is 0 Å². The molecule has 0 radical (unpaired) electrons. The predicted molar refractivity (Wildman–Crippen MR) is 89.2 cm³/mol. The van der Waals surface area contributed by atoms with E-state index in [4.69, 9.17) is 5.73 Å². The van der Waals surface area contributed by atoms with E-state index in [0.717, 1.165) is 25.7 Å². The third-order valence-electron chi connectivity index (χ3n) is 4.20. The minimum Gasteiger partial charge on any atom is -0.356 e. The van der Waals surface area contributed by atoms with E-state index in [1.54, 1.807) is 0 Å². The Balaban J connectivity index is 2.09. The fourth-order valence-electron chi connectivity index (χ4n) is 2.77. The van der Waals surface area contributed by atoms with E-state index in [1.807, 2.05) is 6.08 Å². The van der Waals surface area contributed by atoms with Crippen LogP contribution in [0.5, 0.6) is 0 Å². The maximum absolute atomic E-state index is 12.1. The van der Waals surface area contributed by atoms with Gasteiger partial charge in [0.1, 0.15) is 0 Å². The van der Waals surface area contributed by atoms with Gasteiger partial charge in [-0.1, -0.05) is 31.8 Å². The summed E-state index contributed by atoms with van der Waals surface area (Å²) in [6.07, 6.45) is 11.6. The molecule has 1 fully saturated rings. The molecule has 1 saturated heterocycles. The van der Waals surface area contributed by atoms with Crippen LogP contribution in [0, 0.1) is 5.92 Å². The molecule has 1 aliphatic rings. The van der Waals surface area contributed by atoms with E-state index >= 15 is 0 Å². The summed E-state index contributed by atoms with van der Waals surface area (Å²) in [4.78, 5) is 23.8. The van der Waals surface area contributed by atoms with Crippen LogP contribution in [0.4, 0.5) is 0 Å². The second kappa shape index (κ2) is 11.2. The topological polar surface area (TPSA) is 84.2 Å². The minimum absolute atomic E-state index is 0.0736. The fourth-order valence-corrected chi connectivity index (χ4v) is 2.77. The van der Waals surface area contributed by atoms with Gasteiger partial charge in [0.05, 0.1) is 12.0 Å². The summed E-state index contributed by atoms with van der Waals surface area (Å²) in [5.74, 6) is -0.672. The summed E-state index contributed by atoms with van der Waals surface area (Å²) in [6.45, 7) is 5.01. The van der Waals surface area contributed by atoms with E-state index in [-0.39, 0.29) is 17.7 Å². The Kier molecular flexibility index (Phi) is 9.55. The zero-order chi connectivity index (χ0) is 16.2. The van der Waals surface area contributed by atoms with Crippen LogP contribution in [0.25, 0.3) is 0 Å². The van der Waals surface area contributed by atoms with Gasteiger partial charge in [-0.2, -0.15) is 0 Å². The zero-order valence-corrected chi connectivity index (χ0v) is 13.6. The highest BCUT2D eigenvalue weighted by Gasteiger charge is 2.31.